The zero-order valence-corrected chi connectivity index (χ0v) is 16.9. The third-order valence-electron chi connectivity index (χ3n) is 6.28. The predicted octanol–water partition coefficient (Wildman–Crippen LogP) is 6.05. The quantitative estimate of drug-likeness (QED) is 0.539. The molecule has 1 saturated carbocycles. The van der Waals surface area contributed by atoms with Crippen molar-refractivity contribution in [2.75, 3.05) is 13.1 Å². The molecule has 2 aromatic rings. The van der Waals surface area contributed by atoms with Crippen molar-refractivity contribution in [3.05, 3.63) is 82.4 Å². The fourth-order valence-electron chi connectivity index (χ4n) is 4.51. The Balaban J connectivity index is 1.60. The molecule has 1 heterocycles. The molecule has 150 valence electrons. The maximum absolute atomic E-state index is 15.1. The number of alkyl halides is 2. The summed E-state index contributed by atoms with van der Waals surface area (Å²) in [5, 5.41) is 9.94. The molecule has 0 aromatic heterocycles. The summed E-state index contributed by atoms with van der Waals surface area (Å²) < 4.78 is 30.2. The first-order valence-corrected chi connectivity index (χ1v) is 10.3. The Hall–Kier alpha value is -2.22. The first-order valence-electron chi connectivity index (χ1n) is 9.91. The van der Waals surface area contributed by atoms with Gasteiger partial charge in [-0.1, -0.05) is 42.4 Å². The van der Waals surface area contributed by atoms with Crippen LogP contribution in [0.2, 0.25) is 5.02 Å². The van der Waals surface area contributed by atoms with E-state index < -0.39 is 11.3 Å². The molecule has 1 unspecified atom stereocenters. The average Bonchev–Trinajstić information content (AvgIpc) is 3.47. The Morgan fingerprint density at radius 2 is 2.07 bits per heavy atom. The number of benzene rings is 2. The van der Waals surface area contributed by atoms with E-state index in [0.29, 0.717) is 41.6 Å². The van der Waals surface area contributed by atoms with E-state index in [2.05, 4.69) is 12.6 Å². The number of hydrogen-bond donors (Lipinski definition) is 0. The molecule has 0 spiro atoms. The first kappa shape index (κ1) is 20.1. The summed E-state index contributed by atoms with van der Waals surface area (Å²) in [6.07, 6.45) is 3.35. The molecule has 0 radical (unpaired) electrons. The van der Waals surface area contributed by atoms with E-state index in [1.165, 1.54) is 0 Å². The van der Waals surface area contributed by atoms with Crippen LogP contribution < -0.4 is 0 Å². The second-order valence-electron chi connectivity index (χ2n) is 8.19. The van der Waals surface area contributed by atoms with Gasteiger partial charge in [-0.25, -0.2) is 8.78 Å². The molecular weight excluding hydrogens is 390 g/mol. The molecule has 29 heavy (non-hydrogen) atoms. The minimum Gasteiger partial charge on any atom is -0.298 e. The van der Waals surface area contributed by atoms with Crippen molar-refractivity contribution in [1.29, 1.82) is 5.26 Å². The van der Waals surface area contributed by atoms with Gasteiger partial charge in [-0.2, -0.15) is 5.26 Å². The minimum absolute atomic E-state index is 0.207. The lowest BCUT2D eigenvalue weighted by molar-refractivity contribution is -0.0290. The molecule has 1 aliphatic carbocycles. The minimum atomic E-state index is -3.06. The van der Waals surface area contributed by atoms with Gasteiger partial charge in [0, 0.05) is 18.1 Å². The fourth-order valence-corrected chi connectivity index (χ4v) is 4.70. The summed E-state index contributed by atoms with van der Waals surface area (Å²) in [6.45, 7) is 4.68. The molecule has 2 nitrogen and oxygen atoms in total. The summed E-state index contributed by atoms with van der Waals surface area (Å²) in [4.78, 5) is 2.03. The second kappa shape index (κ2) is 7.55. The Kier molecular flexibility index (Phi) is 5.23. The highest BCUT2D eigenvalue weighted by Gasteiger charge is 2.56. The van der Waals surface area contributed by atoms with Crippen molar-refractivity contribution >= 4 is 11.6 Å². The van der Waals surface area contributed by atoms with Gasteiger partial charge in [-0.05, 0) is 72.7 Å². The summed E-state index contributed by atoms with van der Waals surface area (Å²) in [5.74, 6) is -2.55. The Morgan fingerprint density at radius 1 is 1.28 bits per heavy atom. The van der Waals surface area contributed by atoms with Gasteiger partial charge in [0.2, 0.25) is 0 Å². The Bertz CT molecular complexity index is 977. The molecular formula is C24H23ClF2N2. The summed E-state index contributed by atoms with van der Waals surface area (Å²) in [7, 11) is 0. The zero-order chi connectivity index (χ0) is 20.6. The van der Waals surface area contributed by atoms with Crippen LogP contribution in [0.1, 0.15) is 47.4 Å². The predicted molar refractivity (Wildman–Crippen MR) is 111 cm³/mol. The van der Waals surface area contributed by atoms with E-state index in [0.717, 1.165) is 30.0 Å². The molecule has 1 saturated heterocycles. The monoisotopic (exact) mass is 412 g/mol. The van der Waals surface area contributed by atoms with E-state index in [4.69, 9.17) is 11.6 Å². The standard InChI is InChI=1S/C24H23ClF2N2/c1-2-24(26,27)23(20-4-3-5-21(25)13-20)10-11-29(16-23)15-17-6-9-22(18-7-8-18)19(12-17)14-28/h2-6,9,12-13,18H,1,7-8,10-11,15-16H2. The average molecular weight is 413 g/mol. The van der Waals surface area contributed by atoms with Crippen LogP contribution in [0.3, 0.4) is 0 Å². The van der Waals surface area contributed by atoms with Crippen molar-refractivity contribution in [2.45, 2.75) is 43.1 Å². The lowest BCUT2D eigenvalue weighted by atomic mass is 9.74. The number of hydrogen-bond acceptors (Lipinski definition) is 2. The molecule has 0 bridgehead atoms. The van der Waals surface area contributed by atoms with Gasteiger partial charge >= 0.3 is 0 Å². The first-order chi connectivity index (χ1) is 13.9. The van der Waals surface area contributed by atoms with Crippen LogP contribution >= 0.6 is 11.6 Å². The number of allylic oxidation sites excluding steroid dienone is 1. The van der Waals surface area contributed by atoms with Crippen LogP contribution in [0.25, 0.3) is 0 Å². The van der Waals surface area contributed by atoms with Crippen molar-refractivity contribution in [3.8, 4) is 6.07 Å². The zero-order valence-electron chi connectivity index (χ0n) is 16.2. The Morgan fingerprint density at radius 3 is 2.72 bits per heavy atom. The molecule has 0 amide bonds. The SMILES string of the molecule is C=CC(F)(F)C1(c2cccc(Cl)c2)CCN(Cc2ccc(C3CC3)c(C#N)c2)C1. The van der Waals surface area contributed by atoms with Crippen LogP contribution in [0.5, 0.6) is 0 Å². The lowest BCUT2D eigenvalue weighted by Crippen LogP contribution is -2.46. The lowest BCUT2D eigenvalue weighted by Gasteiger charge is -2.36. The van der Waals surface area contributed by atoms with Crippen LogP contribution in [0, 0.1) is 11.3 Å². The maximum Gasteiger partial charge on any atom is 0.276 e. The van der Waals surface area contributed by atoms with Crippen LogP contribution in [-0.4, -0.2) is 23.9 Å². The highest BCUT2D eigenvalue weighted by molar-refractivity contribution is 6.30. The third-order valence-corrected chi connectivity index (χ3v) is 6.52. The van der Waals surface area contributed by atoms with Crippen molar-refractivity contribution in [3.63, 3.8) is 0 Å². The molecule has 1 atom stereocenters. The van der Waals surface area contributed by atoms with Crippen LogP contribution in [-0.2, 0) is 12.0 Å². The number of rotatable bonds is 6. The van der Waals surface area contributed by atoms with Gasteiger partial charge < -0.3 is 0 Å². The molecule has 4 rings (SSSR count). The number of halogens is 3. The number of nitrogens with zero attached hydrogens (tertiary/aromatic N) is 2. The molecule has 0 N–H and O–H groups in total. The van der Waals surface area contributed by atoms with Crippen molar-refractivity contribution < 1.29 is 8.78 Å². The largest absolute Gasteiger partial charge is 0.298 e. The van der Waals surface area contributed by atoms with E-state index in [9.17, 15) is 5.26 Å². The van der Waals surface area contributed by atoms with Crippen molar-refractivity contribution in [2.24, 2.45) is 0 Å². The van der Waals surface area contributed by atoms with Crippen LogP contribution in [0.4, 0.5) is 8.78 Å². The molecule has 2 fully saturated rings. The summed E-state index contributed by atoms with van der Waals surface area (Å²) >= 11 is 6.11. The molecule has 2 aromatic carbocycles. The van der Waals surface area contributed by atoms with E-state index in [1.807, 2.05) is 23.1 Å². The highest BCUT2D eigenvalue weighted by Crippen LogP contribution is 2.48. The van der Waals surface area contributed by atoms with E-state index >= 15 is 8.78 Å². The normalized spacial score (nSPS) is 22.4. The number of likely N-dealkylation sites (tertiary alicyclic amines) is 1. The van der Waals surface area contributed by atoms with Crippen LogP contribution in [0.15, 0.2) is 55.1 Å². The van der Waals surface area contributed by atoms with Gasteiger partial charge in [0.25, 0.3) is 5.92 Å². The smallest absolute Gasteiger partial charge is 0.276 e. The Labute approximate surface area is 175 Å². The maximum atomic E-state index is 15.1. The topological polar surface area (TPSA) is 27.0 Å². The van der Waals surface area contributed by atoms with E-state index in [-0.39, 0.29) is 6.54 Å². The van der Waals surface area contributed by atoms with Gasteiger partial charge in [-0.15, -0.1) is 0 Å². The van der Waals surface area contributed by atoms with Gasteiger partial charge in [0.05, 0.1) is 17.0 Å². The number of nitriles is 1. The molecule has 1 aliphatic heterocycles. The fraction of sp³-hybridized carbons (Fsp3) is 0.375. The summed E-state index contributed by atoms with van der Waals surface area (Å²) in [6, 6.07) is 15.1. The molecule has 5 heteroatoms. The summed E-state index contributed by atoms with van der Waals surface area (Å²) in [5.41, 5.74) is 1.99. The third kappa shape index (κ3) is 3.70. The van der Waals surface area contributed by atoms with Gasteiger partial charge in [0.15, 0.2) is 0 Å². The second-order valence-corrected chi connectivity index (χ2v) is 8.62. The highest BCUT2D eigenvalue weighted by atomic mass is 35.5. The van der Waals surface area contributed by atoms with E-state index in [1.54, 1.807) is 24.3 Å². The van der Waals surface area contributed by atoms with Gasteiger partial charge in [-0.3, -0.25) is 4.90 Å². The molecule has 2 aliphatic rings. The van der Waals surface area contributed by atoms with Gasteiger partial charge in [0.1, 0.15) is 0 Å². The van der Waals surface area contributed by atoms with Crippen molar-refractivity contribution in [1.82, 2.24) is 4.90 Å².